The SMILES string of the molecule is C[C@@]12CC3CC(CC(=O)Nc4ccc(C(=O)c5cccs5)cc4)(C1)C[C@@](C)(C3)C2. The summed E-state index contributed by atoms with van der Waals surface area (Å²) in [6.07, 6.45) is 8.29. The van der Waals surface area contributed by atoms with Crippen LogP contribution in [0.3, 0.4) is 0 Å². The summed E-state index contributed by atoms with van der Waals surface area (Å²) in [5, 5.41) is 5.01. The number of anilines is 1. The first-order chi connectivity index (χ1) is 13.8. The van der Waals surface area contributed by atoms with Crippen LogP contribution >= 0.6 is 11.3 Å². The van der Waals surface area contributed by atoms with Crippen LogP contribution in [0.25, 0.3) is 0 Å². The molecule has 0 radical (unpaired) electrons. The molecular formula is C25H29NO2S. The van der Waals surface area contributed by atoms with Gasteiger partial charge in [0.2, 0.25) is 11.7 Å². The monoisotopic (exact) mass is 407 g/mol. The van der Waals surface area contributed by atoms with Gasteiger partial charge in [-0.1, -0.05) is 19.9 Å². The standard InChI is InChI=1S/C25H29NO2S/c1-23-10-17-11-24(2,14-23)16-25(12-17,15-23)13-21(27)26-19-7-5-18(6-8-19)22(28)20-4-3-9-29-20/h3-9,17H,10-16H2,1-2H3,(H,26,27)/t17?,23-,24-,25?/m0/s1. The molecule has 0 unspecified atom stereocenters. The molecule has 4 fully saturated rings. The Morgan fingerprint density at radius 3 is 2.28 bits per heavy atom. The second kappa shape index (κ2) is 6.53. The molecule has 1 N–H and O–H groups in total. The third-order valence-electron chi connectivity index (χ3n) is 7.45. The fourth-order valence-corrected chi connectivity index (χ4v) is 8.37. The van der Waals surface area contributed by atoms with Crippen LogP contribution in [-0.2, 0) is 4.79 Å². The van der Waals surface area contributed by atoms with Gasteiger partial charge in [0.15, 0.2) is 0 Å². The zero-order chi connectivity index (χ0) is 20.3. The van der Waals surface area contributed by atoms with Gasteiger partial charge in [-0.2, -0.15) is 0 Å². The van der Waals surface area contributed by atoms with E-state index in [2.05, 4.69) is 19.2 Å². The molecular weight excluding hydrogens is 378 g/mol. The maximum atomic E-state index is 12.9. The van der Waals surface area contributed by atoms with Gasteiger partial charge in [0, 0.05) is 17.7 Å². The van der Waals surface area contributed by atoms with Crippen molar-refractivity contribution >= 4 is 28.7 Å². The van der Waals surface area contributed by atoms with Crippen molar-refractivity contribution in [2.24, 2.45) is 22.2 Å². The van der Waals surface area contributed by atoms with E-state index >= 15 is 0 Å². The topological polar surface area (TPSA) is 46.2 Å². The molecule has 0 saturated heterocycles. The van der Waals surface area contributed by atoms with Gasteiger partial charge in [-0.25, -0.2) is 0 Å². The van der Waals surface area contributed by atoms with E-state index in [1.807, 2.05) is 41.8 Å². The molecule has 1 amide bonds. The molecule has 1 aromatic heterocycles. The second-order valence-corrected chi connectivity index (χ2v) is 11.7. The van der Waals surface area contributed by atoms with Crippen molar-refractivity contribution in [3.63, 3.8) is 0 Å². The van der Waals surface area contributed by atoms with Crippen LogP contribution in [0, 0.1) is 22.2 Å². The van der Waals surface area contributed by atoms with Crippen molar-refractivity contribution in [3.05, 3.63) is 52.2 Å². The average molecular weight is 408 g/mol. The van der Waals surface area contributed by atoms with Gasteiger partial charge in [-0.05, 0) is 96.4 Å². The number of hydrogen-bond acceptors (Lipinski definition) is 3. The lowest BCUT2D eigenvalue weighted by Gasteiger charge is -2.65. The number of carbonyl (C=O) groups is 2. The lowest BCUT2D eigenvalue weighted by molar-refractivity contribution is -0.153. The Hall–Kier alpha value is -1.94. The zero-order valence-electron chi connectivity index (χ0n) is 17.3. The number of carbonyl (C=O) groups excluding carboxylic acids is 2. The fourth-order valence-electron chi connectivity index (χ4n) is 7.68. The van der Waals surface area contributed by atoms with Crippen LogP contribution in [0.15, 0.2) is 41.8 Å². The molecule has 2 aromatic rings. The number of ketones is 1. The highest BCUT2D eigenvalue weighted by Crippen LogP contribution is 2.70. The first kappa shape index (κ1) is 19.0. The minimum absolute atomic E-state index is 0.0351. The van der Waals surface area contributed by atoms with Crippen LogP contribution in [0.1, 0.15) is 74.0 Å². The van der Waals surface area contributed by atoms with E-state index in [-0.39, 0.29) is 17.1 Å². The maximum absolute atomic E-state index is 12.9. The van der Waals surface area contributed by atoms with Gasteiger partial charge in [0.25, 0.3) is 0 Å². The summed E-state index contributed by atoms with van der Waals surface area (Å²) in [6, 6.07) is 11.0. The number of amides is 1. The Labute approximate surface area is 176 Å². The van der Waals surface area contributed by atoms with Crippen LogP contribution in [0.2, 0.25) is 0 Å². The molecule has 3 nitrogen and oxygen atoms in total. The predicted molar refractivity (Wildman–Crippen MR) is 117 cm³/mol. The molecule has 29 heavy (non-hydrogen) atoms. The van der Waals surface area contributed by atoms with E-state index in [4.69, 9.17) is 0 Å². The normalized spacial score (nSPS) is 34.9. The molecule has 4 saturated carbocycles. The molecule has 1 aromatic carbocycles. The lowest BCUT2D eigenvalue weighted by Crippen LogP contribution is -2.55. The molecule has 0 spiro atoms. The highest BCUT2D eigenvalue weighted by atomic mass is 32.1. The van der Waals surface area contributed by atoms with E-state index in [0.717, 1.165) is 16.5 Å². The summed E-state index contributed by atoms with van der Waals surface area (Å²) in [5.74, 6) is 0.959. The Morgan fingerprint density at radius 1 is 1.00 bits per heavy atom. The van der Waals surface area contributed by atoms with Gasteiger partial charge in [-0.15, -0.1) is 11.3 Å². The first-order valence-electron chi connectivity index (χ1n) is 10.7. The fraction of sp³-hybridized carbons (Fsp3) is 0.520. The molecule has 4 aliphatic carbocycles. The van der Waals surface area contributed by atoms with Crippen LogP contribution < -0.4 is 5.32 Å². The highest BCUT2D eigenvalue weighted by Gasteiger charge is 2.60. The summed E-state index contributed by atoms with van der Waals surface area (Å²) < 4.78 is 0. The van der Waals surface area contributed by atoms with Crippen molar-refractivity contribution in [3.8, 4) is 0 Å². The van der Waals surface area contributed by atoms with E-state index in [1.54, 1.807) is 0 Å². The zero-order valence-corrected chi connectivity index (χ0v) is 18.1. The molecule has 152 valence electrons. The Kier molecular flexibility index (Phi) is 4.29. The third kappa shape index (κ3) is 3.56. The van der Waals surface area contributed by atoms with Crippen molar-refractivity contribution in [2.45, 2.75) is 58.8 Å². The summed E-state index contributed by atoms with van der Waals surface area (Å²) >= 11 is 1.45. The molecule has 6 rings (SSSR count). The Balaban J connectivity index is 1.26. The van der Waals surface area contributed by atoms with Gasteiger partial charge in [0.05, 0.1) is 4.88 Å². The summed E-state index contributed by atoms with van der Waals surface area (Å²) in [7, 11) is 0. The number of nitrogens with one attached hydrogen (secondary N) is 1. The predicted octanol–water partition coefficient (Wildman–Crippen LogP) is 6.30. The summed E-state index contributed by atoms with van der Waals surface area (Å²) in [5.41, 5.74) is 2.48. The largest absolute Gasteiger partial charge is 0.326 e. The molecule has 4 aliphatic rings. The second-order valence-electron chi connectivity index (χ2n) is 10.7. The first-order valence-corrected chi connectivity index (χ1v) is 11.6. The van der Waals surface area contributed by atoms with Crippen molar-refractivity contribution in [1.29, 1.82) is 0 Å². The number of hydrogen-bond donors (Lipinski definition) is 1. The van der Waals surface area contributed by atoms with Crippen LogP contribution in [0.5, 0.6) is 0 Å². The minimum Gasteiger partial charge on any atom is -0.326 e. The quantitative estimate of drug-likeness (QED) is 0.591. The van der Waals surface area contributed by atoms with E-state index < -0.39 is 0 Å². The summed E-state index contributed by atoms with van der Waals surface area (Å²) in [4.78, 5) is 26.1. The molecule has 0 aliphatic heterocycles. The molecule has 4 bridgehead atoms. The third-order valence-corrected chi connectivity index (χ3v) is 8.32. The number of benzene rings is 1. The number of thiophene rings is 1. The maximum Gasteiger partial charge on any atom is 0.224 e. The summed E-state index contributed by atoms with van der Waals surface area (Å²) in [6.45, 7) is 4.90. The minimum atomic E-state index is 0.0351. The van der Waals surface area contributed by atoms with Crippen LogP contribution in [0.4, 0.5) is 5.69 Å². The van der Waals surface area contributed by atoms with E-state index in [0.29, 0.717) is 22.8 Å². The van der Waals surface area contributed by atoms with Gasteiger partial charge in [0.1, 0.15) is 0 Å². The van der Waals surface area contributed by atoms with Gasteiger partial charge < -0.3 is 5.32 Å². The molecule has 1 heterocycles. The number of rotatable bonds is 5. The van der Waals surface area contributed by atoms with Gasteiger partial charge in [-0.3, -0.25) is 9.59 Å². The van der Waals surface area contributed by atoms with Crippen LogP contribution in [-0.4, -0.2) is 11.7 Å². The lowest BCUT2D eigenvalue weighted by atomic mass is 9.40. The van der Waals surface area contributed by atoms with Gasteiger partial charge >= 0.3 is 0 Å². The Bertz CT molecular complexity index is 928. The van der Waals surface area contributed by atoms with E-state index in [1.165, 1.54) is 49.9 Å². The van der Waals surface area contributed by atoms with Crippen molar-refractivity contribution in [1.82, 2.24) is 0 Å². The highest BCUT2D eigenvalue weighted by molar-refractivity contribution is 7.12. The average Bonchev–Trinajstić information content (AvgIpc) is 3.12. The van der Waals surface area contributed by atoms with E-state index in [9.17, 15) is 9.59 Å². The molecule has 4 heteroatoms. The molecule has 2 atom stereocenters. The smallest absolute Gasteiger partial charge is 0.224 e. The van der Waals surface area contributed by atoms with Crippen molar-refractivity contribution in [2.75, 3.05) is 5.32 Å². The van der Waals surface area contributed by atoms with Crippen molar-refractivity contribution < 1.29 is 9.59 Å². The Morgan fingerprint density at radius 2 is 1.69 bits per heavy atom.